The zero-order valence-corrected chi connectivity index (χ0v) is 10.6. The molecule has 1 heterocycles. The van der Waals surface area contributed by atoms with Gasteiger partial charge in [0.05, 0.1) is 0 Å². The second-order valence-corrected chi connectivity index (χ2v) is 4.52. The average molecular weight is 236 g/mol. The lowest BCUT2D eigenvalue weighted by molar-refractivity contribution is 0.747. The maximum absolute atomic E-state index is 4.50. The van der Waals surface area contributed by atoms with Crippen LogP contribution in [0.5, 0.6) is 0 Å². The first kappa shape index (κ1) is 11.9. The summed E-state index contributed by atoms with van der Waals surface area (Å²) in [6.07, 6.45) is 2.92. The molecule has 1 aromatic rings. The third-order valence-electron chi connectivity index (χ3n) is 2.96. The van der Waals surface area contributed by atoms with Crippen molar-refractivity contribution in [2.75, 3.05) is 6.54 Å². The fraction of sp³-hybridized carbons (Fsp3) is 0.727. The Labute approximate surface area is 102 Å². The van der Waals surface area contributed by atoms with E-state index in [1.807, 2.05) is 11.6 Å². The number of nitrogens with one attached hydrogen (secondary N) is 2. The molecule has 0 spiro atoms. The molecule has 2 N–H and O–H groups in total. The van der Waals surface area contributed by atoms with E-state index in [-0.39, 0.29) is 0 Å². The largest absolute Gasteiger partial charge is 0.357 e. The number of hydrogen-bond donors (Lipinski definition) is 2. The maximum Gasteiger partial charge on any atom is 0.191 e. The van der Waals surface area contributed by atoms with Crippen LogP contribution in [0.1, 0.15) is 26.1 Å². The first-order valence-corrected chi connectivity index (χ1v) is 6.08. The molecule has 2 rings (SSSR count). The third kappa shape index (κ3) is 3.18. The Morgan fingerprint density at radius 1 is 1.65 bits per heavy atom. The first-order valence-electron chi connectivity index (χ1n) is 6.08. The van der Waals surface area contributed by atoms with E-state index in [0.717, 1.165) is 24.2 Å². The third-order valence-corrected chi connectivity index (χ3v) is 2.96. The Hall–Kier alpha value is -1.59. The minimum atomic E-state index is 0.549. The molecule has 0 amide bonds. The van der Waals surface area contributed by atoms with Crippen molar-refractivity contribution in [2.24, 2.45) is 18.0 Å². The van der Waals surface area contributed by atoms with Gasteiger partial charge in [0.2, 0.25) is 0 Å². The first-order chi connectivity index (χ1) is 8.20. The molecule has 6 nitrogen and oxygen atoms in total. The maximum atomic E-state index is 4.50. The van der Waals surface area contributed by atoms with Gasteiger partial charge in [0.1, 0.15) is 12.9 Å². The van der Waals surface area contributed by atoms with E-state index in [1.165, 1.54) is 6.42 Å². The number of hydrogen-bond acceptors (Lipinski definition) is 3. The van der Waals surface area contributed by atoms with Crippen LogP contribution in [-0.4, -0.2) is 33.3 Å². The molecule has 6 heteroatoms. The number of aliphatic imine (C=N–C) groups is 1. The van der Waals surface area contributed by atoms with Crippen molar-refractivity contribution >= 4 is 5.96 Å². The van der Waals surface area contributed by atoms with E-state index in [4.69, 9.17) is 0 Å². The van der Waals surface area contributed by atoms with Crippen molar-refractivity contribution in [1.82, 2.24) is 25.4 Å². The van der Waals surface area contributed by atoms with Crippen molar-refractivity contribution in [3.63, 3.8) is 0 Å². The summed E-state index contributed by atoms with van der Waals surface area (Å²) in [5.41, 5.74) is 0. The summed E-state index contributed by atoms with van der Waals surface area (Å²) in [6.45, 7) is 5.72. The smallest absolute Gasteiger partial charge is 0.191 e. The van der Waals surface area contributed by atoms with Gasteiger partial charge in [0.15, 0.2) is 11.8 Å². The molecule has 1 aliphatic rings. The minimum absolute atomic E-state index is 0.549. The van der Waals surface area contributed by atoms with Crippen LogP contribution in [0.15, 0.2) is 11.3 Å². The van der Waals surface area contributed by atoms with Crippen molar-refractivity contribution in [1.29, 1.82) is 0 Å². The highest BCUT2D eigenvalue weighted by atomic mass is 15.3. The quantitative estimate of drug-likeness (QED) is 0.582. The van der Waals surface area contributed by atoms with Crippen LogP contribution in [0.25, 0.3) is 0 Å². The highest BCUT2D eigenvalue weighted by molar-refractivity contribution is 5.80. The molecule has 1 aliphatic carbocycles. The zero-order valence-electron chi connectivity index (χ0n) is 10.6. The predicted octanol–water partition coefficient (Wildman–Crippen LogP) is 0.279. The topological polar surface area (TPSA) is 67.1 Å². The zero-order chi connectivity index (χ0) is 12.3. The summed E-state index contributed by atoms with van der Waals surface area (Å²) < 4.78 is 1.88. The molecule has 1 aromatic heterocycles. The van der Waals surface area contributed by atoms with Crippen LogP contribution >= 0.6 is 0 Å². The Kier molecular flexibility index (Phi) is 3.61. The Morgan fingerprint density at radius 3 is 2.94 bits per heavy atom. The van der Waals surface area contributed by atoms with Crippen LogP contribution in [0.2, 0.25) is 0 Å². The van der Waals surface area contributed by atoms with Gasteiger partial charge in [-0.1, -0.05) is 6.92 Å². The molecule has 0 aliphatic heterocycles. The van der Waals surface area contributed by atoms with Crippen LogP contribution in [0.3, 0.4) is 0 Å². The lowest BCUT2D eigenvalue weighted by Crippen LogP contribution is -2.39. The van der Waals surface area contributed by atoms with Gasteiger partial charge in [-0.05, 0) is 19.3 Å². The number of aromatic nitrogens is 3. The summed E-state index contributed by atoms with van der Waals surface area (Å²) in [4.78, 5) is 4.50. The highest BCUT2D eigenvalue weighted by Crippen LogP contribution is 2.28. The van der Waals surface area contributed by atoms with Gasteiger partial charge >= 0.3 is 0 Å². The second-order valence-electron chi connectivity index (χ2n) is 4.52. The summed E-state index contributed by atoms with van der Waals surface area (Å²) in [5, 5.41) is 14.5. The fourth-order valence-corrected chi connectivity index (χ4v) is 1.62. The monoisotopic (exact) mass is 236 g/mol. The van der Waals surface area contributed by atoms with Gasteiger partial charge < -0.3 is 15.2 Å². The summed E-state index contributed by atoms with van der Waals surface area (Å²) >= 11 is 0. The molecule has 2 atom stereocenters. The lowest BCUT2D eigenvalue weighted by Gasteiger charge is -2.10. The molecular weight excluding hydrogens is 216 g/mol. The van der Waals surface area contributed by atoms with E-state index in [9.17, 15) is 0 Å². The minimum Gasteiger partial charge on any atom is -0.357 e. The van der Waals surface area contributed by atoms with E-state index in [1.54, 1.807) is 6.33 Å². The number of rotatable bonds is 4. The van der Waals surface area contributed by atoms with Crippen LogP contribution in [0, 0.1) is 5.92 Å². The van der Waals surface area contributed by atoms with Crippen LogP contribution in [0.4, 0.5) is 0 Å². The Bertz CT molecular complexity index is 396. The molecule has 17 heavy (non-hydrogen) atoms. The molecule has 2 unspecified atom stereocenters. The normalized spacial score (nSPS) is 23.6. The molecular formula is C11H20N6. The van der Waals surface area contributed by atoms with E-state index < -0.39 is 0 Å². The van der Waals surface area contributed by atoms with Gasteiger partial charge in [-0.2, -0.15) is 0 Å². The molecule has 1 fully saturated rings. The average Bonchev–Trinajstić information content (AvgIpc) is 2.83. The molecule has 94 valence electrons. The van der Waals surface area contributed by atoms with Crippen molar-refractivity contribution in [2.45, 2.75) is 32.9 Å². The van der Waals surface area contributed by atoms with E-state index in [0.29, 0.717) is 12.6 Å². The SMILES string of the molecule is CCNC(=NCc1nncn1C)NC1CC1C. The lowest BCUT2D eigenvalue weighted by atomic mass is 10.5. The van der Waals surface area contributed by atoms with Crippen molar-refractivity contribution in [3.05, 3.63) is 12.2 Å². The van der Waals surface area contributed by atoms with Gasteiger partial charge in [-0.25, -0.2) is 4.99 Å². The number of guanidine groups is 1. The van der Waals surface area contributed by atoms with Gasteiger partial charge in [-0.15, -0.1) is 10.2 Å². The summed E-state index contributed by atoms with van der Waals surface area (Å²) in [5.74, 6) is 2.49. The Balaban J connectivity index is 1.92. The van der Waals surface area contributed by atoms with Gasteiger partial charge in [0.25, 0.3) is 0 Å². The molecule has 0 bridgehead atoms. The molecule has 1 saturated carbocycles. The Morgan fingerprint density at radius 2 is 2.41 bits per heavy atom. The molecule has 0 aromatic carbocycles. The van der Waals surface area contributed by atoms with Gasteiger partial charge in [-0.3, -0.25) is 0 Å². The molecule has 0 radical (unpaired) electrons. The van der Waals surface area contributed by atoms with Crippen LogP contribution < -0.4 is 10.6 Å². The van der Waals surface area contributed by atoms with Crippen molar-refractivity contribution < 1.29 is 0 Å². The molecule has 0 saturated heterocycles. The predicted molar refractivity (Wildman–Crippen MR) is 66.5 cm³/mol. The van der Waals surface area contributed by atoms with Crippen molar-refractivity contribution in [3.8, 4) is 0 Å². The standard InChI is InChI=1S/C11H20N6/c1-4-12-11(15-9-5-8(9)2)13-6-10-16-14-7-17(10)3/h7-9H,4-6H2,1-3H3,(H2,12,13,15). The number of nitrogens with zero attached hydrogens (tertiary/aromatic N) is 4. The fourth-order valence-electron chi connectivity index (χ4n) is 1.62. The summed E-state index contributed by atoms with van der Waals surface area (Å²) in [7, 11) is 1.92. The second kappa shape index (κ2) is 5.16. The summed E-state index contributed by atoms with van der Waals surface area (Å²) in [6, 6.07) is 0.576. The van der Waals surface area contributed by atoms with Crippen LogP contribution in [-0.2, 0) is 13.6 Å². The van der Waals surface area contributed by atoms with E-state index >= 15 is 0 Å². The highest BCUT2D eigenvalue weighted by Gasteiger charge is 2.33. The van der Waals surface area contributed by atoms with E-state index in [2.05, 4.69) is 39.7 Å². The van der Waals surface area contributed by atoms with Gasteiger partial charge in [0, 0.05) is 19.6 Å². The number of aryl methyl sites for hydroxylation is 1.